The molecule has 1 aromatic heterocycles. The highest BCUT2D eigenvalue weighted by molar-refractivity contribution is 5.80. The predicted octanol–water partition coefficient (Wildman–Crippen LogP) is 6.45. The summed E-state index contributed by atoms with van der Waals surface area (Å²) in [5, 5.41) is 29.5. The molecule has 0 aliphatic heterocycles. The number of aliphatic hydroxyl groups excluding tert-OH is 2. The molecule has 0 bridgehead atoms. The molecule has 0 saturated heterocycles. The van der Waals surface area contributed by atoms with Gasteiger partial charge in [-0.3, -0.25) is 9.78 Å². The first-order valence-electron chi connectivity index (χ1n) is 13.3. The van der Waals surface area contributed by atoms with Crippen molar-refractivity contribution in [1.29, 1.82) is 0 Å². The van der Waals surface area contributed by atoms with Gasteiger partial charge in [0.15, 0.2) is 0 Å². The quantitative estimate of drug-likeness (QED) is 0.233. The Balaban J connectivity index is 2.12. The van der Waals surface area contributed by atoms with Gasteiger partial charge in [-0.25, -0.2) is 4.39 Å². The summed E-state index contributed by atoms with van der Waals surface area (Å²) in [6, 6.07) is 16.2. The van der Waals surface area contributed by atoms with Crippen LogP contribution in [0.25, 0.3) is 17.2 Å². The van der Waals surface area contributed by atoms with Gasteiger partial charge < -0.3 is 20.1 Å². The third-order valence-corrected chi connectivity index (χ3v) is 6.39. The van der Waals surface area contributed by atoms with E-state index in [2.05, 4.69) is 13.8 Å². The minimum absolute atomic E-state index is 0.0374. The maximum atomic E-state index is 13.9. The monoisotopic (exact) mass is 535 g/mol. The van der Waals surface area contributed by atoms with Gasteiger partial charge in [0.1, 0.15) is 5.82 Å². The fourth-order valence-corrected chi connectivity index (χ4v) is 4.55. The molecule has 0 amide bonds. The standard InChI is InChI=1S/C32H38FNO5/c1-20(2)31-27(15-14-25(35)16-26(36)17-29(37)38)30(23-10-12-24(33)13-11-23)28(32(34-31)21(3)4)19-39-18-22-8-6-5-7-9-22/h5-15,20-21,25-26,35-36H,16-19H2,1-4H3,(H,37,38)/b15-14+. The van der Waals surface area contributed by atoms with Crippen LogP contribution in [0.5, 0.6) is 0 Å². The average Bonchev–Trinajstić information content (AvgIpc) is 2.87. The molecule has 3 aromatic rings. The maximum Gasteiger partial charge on any atom is 0.305 e. The van der Waals surface area contributed by atoms with Crippen LogP contribution in [0.3, 0.4) is 0 Å². The summed E-state index contributed by atoms with van der Waals surface area (Å²) in [6.45, 7) is 8.92. The maximum absolute atomic E-state index is 13.9. The van der Waals surface area contributed by atoms with Crippen molar-refractivity contribution >= 4 is 12.0 Å². The van der Waals surface area contributed by atoms with Crippen molar-refractivity contribution < 1.29 is 29.2 Å². The van der Waals surface area contributed by atoms with E-state index in [0.29, 0.717) is 6.61 Å². The summed E-state index contributed by atoms with van der Waals surface area (Å²) in [7, 11) is 0. The van der Waals surface area contributed by atoms with E-state index < -0.39 is 24.6 Å². The van der Waals surface area contributed by atoms with E-state index in [1.54, 1.807) is 24.3 Å². The fourth-order valence-electron chi connectivity index (χ4n) is 4.55. The van der Waals surface area contributed by atoms with Crippen LogP contribution in [0.15, 0.2) is 60.7 Å². The molecule has 0 aliphatic rings. The van der Waals surface area contributed by atoms with Gasteiger partial charge in [-0.2, -0.15) is 0 Å². The number of ether oxygens (including phenoxy) is 1. The molecular weight excluding hydrogens is 497 g/mol. The average molecular weight is 536 g/mol. The molecule has 0 saturated carbocycles. The van der Waals surface area contributed by atoms with E-state index in [9.17, 15) is 19.4 Å². The van der Waals surface area contributed by atoms with Crippen molar-refractivity contribution in [2.24, 2.45) is 0 Å². The van der Waals surface area contributed by atoms with Crippen molar-refractivity contribution in [3.63, 3.8) is 0 Å². The molecule has 1 heterocycles. The number of benzene rings is 2. The number of aliphatic hydroxyl groups is 2. The highest BCUT2D eigenvalue weighted by Gasteiger charge is 2.23. The fraction of sp³-hybridized carbons (Fsp3) is 0.375. The second-order valence-corrected chi connectivity index (χ2v) is 10.4. The Bertz CT molecular complexity index is 1260. The number of aromatic nitrogens is 1. The normalized spacial score (nSPS) is 13.4. The number of aliphatic carboxylic acids is 1. The Morgan fingerprint density at radius 3 is 2.18 bits per heavy atom. The van der Waals surface area contributed by atoms with Gasteiger partial charge in [0.05, 0.1) is 37.5 Å². The second-order valence-electron chi connectivity index (χ2n) is 10.4. The molecule has 2 unspecified atom stereocenters. The lowest BCUT2D eigenvalue weighted by atomic mass is 9.87. The molecule has 208 valence electrons. The SMILES string of the molecule is CC(C)c1nc(C(C)C)c(COCc2ccccc2)c(-c2ccc(F)cc2)c1/C=C/C(O)CC(O)CC(=O)O. The van der Waals surface area contributed by atoms with Crippen LogP contribution < -0.4 is 0 Å². The topological polar surface area (TPSA) is 99.9 Å². The number of carboxylic acid groups (broad SMARTS) is 1. The molecule has 0 fully saturated rings. The zero-order chi connectivity index (χ0) is 28.5. The van der Waals surface area contributed by atoms with Crippen LogP contribution in [0.2, 0.25) is 0 Å². The predicted molar refractivity (Wildman–Crippen MR) is 151 cm³/mol. The first-order valence-corrected chi connectivity index (χ1v) is 13.3. The zero-order valence-corrected chi connectivity index (χ0v) is 23.0. The van der Waals surface area contributed by atoms with Crippen LogP contribution in [0.4, 0.5) is 4.39 Å². The number of pyridine rings is 1. The summed E-state index contributed by atoms with van der Waals surface area (Å²) in [5.41, 5.74) is 6.05. The Labute approximate surface area is 229 Å². The molecule has 2 aromatic carbocycles. The highest BCUT2D eigenvalue weighted by Crippen LogP contribution is 2.38. The highest BCUT2D eigenvalue weighted by atomic mass is 19.1. The molecule has 6 nitrogen and oxygen atoms in total. The molecule has 3 rings (SSSR count). The number of rotatable bonds is 13. The molecule has 0 aliphatic carbocycles. The van der Waals surface area contributed by atoms with Gasteiger partial charge in [0, 0.05) is 23.2 Å². The molecule has 0 spiro atoms. The smallest absolute Gasteiger partial charge is 0.305 e. The Kier molecular flexibility index (Phi) is 10.9. The van der Waals surface area contributed by atoms with E-state index in [1.807, 2.05) is 44.2 Å². The van der Waals surface area contributed by atoms with Gasteiger partial charge in [-0.15, -0.1) is 0 Å². The minimum Gasteiger partial charge on any atom is -0.481 e. The third kappa shape index (κ3) is 8.55. The molecule has 39 heavy (non-hydrogen) atoms. The van der Waals surface area contributed by atoms with Crippen molar-refractivity contribution in [2.75, 3.05) is 0 Å². The number of carbonyl (C=O) groups is 1. The van der Waals surface area contributed by atoms with Crippen molar-refractivity contribution in [3.8, 4) is 11.1 Å². The third-order valence-electron chi connectivity index (χ3n) is 6.39. The summed E-state index contributed by atoms with van der Waals surface area (Å²) in [5.74, 6) is -1.35. The number of carboxylic acids is 1. The van der Waals surface area contributed by atoms with Gasteiger partial charge in [-0.05, 0) is 40.7 Å². The van der Waals surface area contributed by atoms with Gasteiger partial charge in [0.2, 0.25) is 0 Å². The van der Waals surface area contributed by atoms with Gasteiger partial charge >= 0.3 is 5.97 Å². The van der Waals surface area contributed by atoms with Crippen molar-refractivity contribution in [3.05, 3.63) is 94.6 Å². The molecule has 3 N–H and O–H groups in total. The minimum atomic E-state index is -1.17. The molecule has 7 heteroatoms. The lowest BCUT2D eigenvalue weighted by molar-refractivity contribution is -0.139. The number of halogens is 1. The summed E-state index contributed by atoms with van der Waals surface area (Å²) < 4.78 is 20.1. The molecular formula is C32H38FNO5. The van der Waals surface area contributed by atoms with Gasteiger partial charge in [0.25, 0.3) is 0 Å². The number of hydrogen-bond donors (Lipinski definition) is 3. The Morgan fingerprint density at radius 1 is 0.949 bits per heavy atom. The van der Waals surface area contributed by atoms with E-state index >= 15 is 0 Å². The Hall–Kier alpha value is -3.39. The first-order chi connectivity index (χ1) is 18.6. The zero-order valence-electron chi connectivity index (χ0n) is 23.0. The van der Waals surface area contributed by atoms with E-state index in [0.717, 1.165) is 39.2 Å². The van der Waals surface area contributed by atoms with E-state index in [4.69, 9.17) is 14.8 Å². The van der Waals surface area contributed by atoms with Gasteiger partial charge in [-0.1, -0.05) is 82.3 Å². The second kappa shape index (κ2) is 14.1. The van der Waals surface area contributed by atoms with Crippen molar-refractivity contribution in [1.82, 2.24) is 4.98 Å². The van der Waals surface area contributed by atoms with Crippen molar-refractivity contribution in [2.45, 2.75) is 77.8 Å². The lowest BCUT2D eigenvalue weighted by Crippen LogP contribution is -2.19. The van der Waals surface area contributed by atoms with Crippen LogP contribution in [-0.4, -0.2) is 38.5 Å². The first kappa shape index (κ1) is 30.2. The summed E-state index contributed by atoms with van der Waals surface area (Å²) >= 11 is 0. The molecule has 0 radical (unpaired) electrons. The van der Waals surface area contributed by atoms with Crippen LogP contribution in [-0.2, 0) is 22.7 Å². The summed E-state index contributed by atoms with van der Waals surface area (Å²) in [4.78, 5) is 16.0. The summed E-state index contributed by atoms with van der Waals surface area (Å²) in [6.07, 6.45) is 0.510. The van der Waals surface area contributed by atoms with Crippen LogP contribution >= 0.6 is 0 Å². The van der Waals surface area contributed by atoms with Crippen LogP contribution in [0.1, 0.15) is 80.5 Å². The van der Waals surface area contributed by atoms with Crippen LogP contribution in [0, 0.1) is 5.82 Å². The van der Waals surface area contributed by atoms with E-state index in [-0.39, 0.29) is 30.7 Å². The number of hydrogen-bond acceptors (Lipinski definition) is 5. The van der Waals surface area contributed by atoms with E-state index in [1.165, 1.54) is 12.1 Å². The largest absolute Gasteiger partial charge is 0.481 e. The Morgan fingerprint density at radius 2 is 1.59 bits per heavy atom. The lowest BCUT2D eigenvalue weighted by Gasteiger charge is -2.24. The number of nitrogens with zero attached hydrogens (tertiary/aromatic N) is 1. The molecule has 2 atom stereocenters.